The van der Waals surface area contributed by atoms with Gasteiger partial charge in [0, 0.05) is 36.0 Å². The minimum atomic E-state index is -0.0606. The molecule has 3 heterocycles. The average molecular weight is 375 g/mol. The number of para-hydroxylation sites is 1. The normalized spacial score (nSPS) is 10.7. The van der Waals surface area contributed by atoms with Gasteiger partial charge in [-0.1, -0.05) is 18.2 Å². The maximum atomic E-state index is 12.2. The van der Waals surface area contributed by atoms with E-state index in [1.807, 2.05) is 58.7 Å². The molecule has 0 spiro atoms. The van der Waals surface area contributed by atoms with Crippen LogP contribution in [0.3, 0.4) is 0 Å². The van der Waals surface area contributed by atoms with Crippen LogP contribution in [0.15, 0.2) is 72.6 Å². The molecule has 3 aromatic heterocycles. The first-order valence-corrected chi connectivity index (χ1v) is 9.41. The lowest BCUT2D eigenvalue weighted by molar-refractivity contribution is -0.116. The van der Waals surface area contributed by atoms with Crippen molar-refractivity contribution >= 4 is 22.4 Å². The van der Waals surface area contributed by atoms with E-state index in [1.54, 1.807) is 18.6 Å². The predicted molar refractivity (Wildman–Crippen MR) is 106 cm³/mol. The van der Waals surface area contributed by atoms with Crippen LogP contribution in [-0.4, -0.2) is 25.7 Å². The number of carbonyl (C=O) groups is 1. The van der Waals surface area contributed by atoms with Crippen molar-refractivity contribution in [2.75, 3.05) is 5.32 Å². The summed E-state index contributed by atoms with van der Waals surface area (Å²) in [6.07, 6.45) is 8.22. The number of aryl methyl sites for hydroxylation is 1. The molecule has 0 atom stereocenters. The Hall–Kier alpha value is -3.32. The van der Waals surface area contributed by atoms with Gasteiger partial charge in [0.1, 0.15) is 0 Å². The Labute approximate surface area is 160 Å². The highest BCUT2D eigenvalue weighted by molar-refractivity contribution is 7.14. The number of hydrogen-bond donors (Lipinski definition) is 1. The third-order valence-electron chi connectivity index (χ3n) is 4.01. The monoisotopic (exact) mass is 375 g/mol. The lowest BCUT2D eigenvalue weighted by Gasteiger charge is -2.01. The number of aromatic nitrogens is 4. The molecule has 4 rings (SSSR count). The van der Waals surface area contributed by atoms with Gasteiger partial charge in [0.25, 0.3) is 0 Å². The van der Waals surface area contributed by atoms with Crippen molar-refractivity contribution in [1.82, 2.24) is 19.7 Å². The molecular weight excluding hydrogens is 358 g/mol. The minimum absolute atomic E-state index is 0.0606. The van der Waals surface area contributed by atoms with Gasteiger partial charge in [-0.25, -0.2) is 9.67 Å². The van der Waals surface area contributed by atoms with E-state index in [1.165, 1.54) is 11.3 Å². The van der Waals surface area contributed by atoms with Crippen LogP contribution < -0.4 is 5.32 Å². The summed E-state index contributed by atoms with van der Waals surface area (Å²) in [5, 5.41) is 9.73. The van der Waals surface area contributed by atoms with Crippen LogP contribution in [0.5, 0.6) is 0 Å². The molecule has 1 aromatic carbocycles. The van der Waals surface area contributed by atoms with Crippen LogP contribution in [0.2, 0.25) is 0 Å². The highest BCUT2D eigenvalue weighted by atomic mass is 32.1. The quantitative estimate of drug-likeness (QED) is 0.554. The molecule has 0 aliphatic rings. The van der Waals surface area contributed by atoms with Gasteiger partial charge in [0.05, 0.1) is 17.6 Å². The molecule has 0 aliphatic carbocycles. The number of rotatable bonds is 6. The van der Waals surface area contributed by atoms with Gasteiger partial charge < -0.3 is 5.32 Å². The van der Waals surface area contributed by atoms with Crippen LogP contribution in [-0.2, 0) is 11.2 Å². The van der Waals surface area contributed by atoms with Crippen molar-refractivity contribution in [2.24, 2.45) is 0 Å². The Morgan fingerprint density at radius 1 is 1.11 bits per heavy atom. The second-order valence-electron chi connectivity index (χ2n) is 5.96. The lowest BCUT2D eigenvalue weighted by Crippen LogP contribution is -2.12. The fourth-order valence-electron chi connectivity index (χ4n) is 2.63. The summed E-state index contributed by atoms with van der Waals surface area (Å²) in [4.78, 5) is 20.8. The Kier molecular flexibility index (Phi) is 5.02. The molecular formula is C20H17N5OS. The van der Waals surface area contributed by atoms with Crippen LogP contribution in [0.1, 0.15) is 12.0 Å². The molecule has 0 aliphatic heterocycles. The standard InChI is InChI=1S/C20H17N5OS/c26-19(24-20-23-18(14-27-20)16-5-4-10-21-12-16)9-8-15-11-22-25(13-15)17-6-2-1-3-7-17/h1-7,10-14H,8-9H2,(H,23,24,26). The fourth-order valence-corrected chi connectivity index (χ4v) is 3.36. The summed E-state index contributed by atoms with van der Waals surface area (Å²) in [5.74, 6) is -0.0606. The summed E-state index contributed by atoms with van der Waals surface area (Å²) in [6, 6.07) is 13.7. The lowest BCUT2D eigenvalue weighted by atomic mass is 10.2. The van der Waals surface area contributed by atoms with E-state index in [0.29, 0.717) is 18.0 Å². The van der Waals surface area contributed by atoms with Crippen molar-refractivity contribution in [3.05, 3.63) is 78.2 Å². The van der Waals surface area contributed by atoms with E-state index in [0.717, 1.165) is 22.5 Å². The second-order valence-corrected chi connectivity index (χ2v) is 6.81. The summed E-state index contributed by atoms with van der Waals surface area (Å²) in [6.45, 7) is 0. The SMILES string of the molecule is O=C(CCc1cnn(-c2ccccc2)c1)Nc1nc(-c2cccnc2)cs1. The predicted octanol–water partition coefficient (Wildman–Crippen LogP) is 3.96. The molecule has 27 heavy (non-hydrogen) atoms. The highest BCUT2D eigenvalue weighted by Crippen LogP contribution is 2.24. The highest BCUT2D eigenvalue weighted by Gasteiger charge is 2.09. The topological polar surface area (TPSA) is 72.7 Å². The molecule has 7 heteroatoms. The van der Waals surface area contributed by atoms with E-state index in [9.17, 15) is 4.79 Å². The number of nitrogens with zero attached hydrogens (tertiary/aromatic N) is 4. The average Bonchev–Trinajstić information content (AvgIpc) is 3.37. The zero-order valence-electron chi connectivity index (χ0n) is 14.4. The number of carbonyl (C=O) groups excluding carboxylic acids is 1. The number of amides is 1. The van der Waals surface area contributed by atoms with Crippen molar-refractivity contribution < 1.29 is 4.79 Å². The first-order chi connectivity index (χ1) is 13.3. The second kappa shape index (κ2) is 7.92. The van der Waals surface area contributed by atoms with Crippen molar-refractivity contribution in [2.45, 2.75) is 12.8 Å². The Bertz CT molecular complexity index is 1030. The van der Waals surface area contributed by atoms with E-state index >= 15 is 0 Å². The molecule has 0 unspecified atom stereocenters. The number of pyridine rings is 1. The Morgan fingerprint density at radius 2 is 2.00 bits per heavy atom. The molecule has 0 saturated heterocycles. The van der Waals surface area contributed by atoms with Gasteiger partial charge in [-0.15, -0.1) is 11.3 Å². The Morgan fingerprint density at radius 3 is 2.81 bits per heavy atom. The molecule has 4 aromatic rings. The molecule has 1 amide bonds. The van der Waals surface area contributed by atoms with Gasteiger partial charge in [-0.3, -0.25) is 9.78 Å². The molecule has 0 saturated carbocycles. The molecule has 0 radical (unpaired) electrons. The number of thiazole rings is 1. The molecule has 6 nitrogen and oxygen atoms in total. The van der Waals surface area contributed by atoms with Crippen LogP contribution in [0.25, 0.3) is 16.9 Å². The third-order valence-corrected chi connectivity index (χ3v) is 4.76. The number of benzene rings is 1. The Balaban J connectivity index is 1.33. The summed E-state index contributed by atoms with van der Waals surface area (Å²) in [5.41, 5.74) is 3.76. The van der Waals surface area contributed by atoms with E-state index in [-0.39, 0.29) is 5.91 Å². The molecule has 134 valence electrons. The summed E-state index contributed by atoms with van der Waals surface area (Å²) >= 11 is 1.41. The van der Waals surface area contributed by atoms with Gasteiger partial charge in [0.2, 0.25) is 5.91 Å². The van der Waals surface area contributed by atoms with Gasteiger partial charge in [-0.2, -0.15) is 5.10 Å². The number of hydrogen-bond acceptors (Lipinski definition) is 5. The molecule has 0 bridgehead atoms. The van der Waals surface area contributed by atoms with E-state index < -0.39 is 0 Å². The smallest absolute Gasteiger partial charge is 0.226 e. The fraction of sp³-hybridized carbons (Fsp3) is 0.100. The van der Waals surface area contributed by atoms with Crippen molar-refractivity contribution in [3.63, 3.8) is 0 Å². The number of nitrogens with one attached hydrogen (secondary N) is 1. The zero-order valence-corrected chi connectivity index (χ0v) is 15.3. The van der Waals surface area contributed by atoms with Gasteiger partial charge in [0.15, 0.2) is 5.13 Å². The number of anilines is 1. The molecule has 0 fully saturated rings. The van der Waals surface area contributed by atoms with E-state index in [4.69, 9.17) is 0 Å². The largest absolute Gasteiger partial charge is 0.302 e. The van der Waals surface area contributed by atoms with Crippen molar-refractivity contribution in [3.8, 4) is 16.9 Å². The van der Waals surface area contributed by atoms with Crippen molar-refractivity contribution in [1.29, 1.82) is 0 Å². The maximum absolute atomic E-state index is 12.2. The van der Waals surface area contributed by atoms with Crippen LogP contribution in [0, 0.1) is 0 Å². The van der Waals surface area contributed by atoms with Crippen LogP contribution in [0.4, 0.5) is 5.13 Å². The first kappa shape index (κ1) is 17.1. The maximum Gasteiger partial charge on any atom is 0.226 e. The third kappa shape index (κ3) is 4.27. The zero-order chi connectivity index (χ0) is 18.5. The van der Waals surface area contributed by atoms with Gasteiger partial charge in [-0.05, 0) is 36.2 Å². The minimum Gasteiger partial charge on any atom is -0.302 e. The van der Waals surface area contributed by atoms with E-state index in [2.05, 4.69) is 20.4 Å². The summed E-state index contributed by atoms with van der Waals surface area (Å²) < 4.78 is 1.81. The van der Waals surface area contributed by atoms with Crippen LogP contribution >= 0.6 is 11.3 Å². The summed E-state index contributed by atoms with van der Waals surface area (Å²) in [7, 11) is 0. The molecule has 1 N–H and O–H groups in total. The van der Waals surface area contributed by atoms with Gasteiger partial charge >= 0.3 is 0 Å². The first-order valence-electron chi connectivity index (χ1n) is 8.53.